The van der Waals surface area contributed by atoms with Crippen molar-refractivity contribution < 1.29 is 0 Å². The molecule has 0 aromatic carbocycles. The number of aromatic amines is 1. The van der Waals surface area contributed by atoms with Crippen molar-refractivity contribution in [1.82, 2.24) is 9.97 Å². The number of aryl methyl sites for hydroxylation is 3. The van der Waals surface area contributed by atoms with Gasteiger partial charge in [-0.2, -0.15) is 0 Å². The van der Waals surface area contributed by atoms with Crippen LogP contribution in [-0.4, -0.2) is 9.97 Å². The predicted octanol–water partition coefficient (Wildman–Crippen LogP) is 3.14. The van der Waals surface area contributed by atoms with Gasteiger partial charge < -0.3 is 4.98 Å². The van der Waals surface area contributed by atoms with E-state index in [-0.39, 0.29) is 0 Å². The average molecular weight is 195 g/mol. The molecule has 0 atom stereocenters. The normalized spacial score (nSPS) is 11.1. The monoisotopic (exact) mass is 194 g/mol. The van der Waals surface area contributed by atoms with Crippen LogP contribution in [-0.2, 0) is 0 Å². The Kier molecular flexibility index (Phi) is 1.81. The number of fused-ring (bicyclic) bond motifs is 1. The molecule has 2 aromatic heterocycles. The first kappa shape index (κ1) is 8.57. The summed E-state index contributed by atoms with van der Waals surface area (Å²) in [7, 11) is 0. The number of pyridine rings is 1. The molecule has 0 spiro atoms. The summed E-state index contributed by atoms with van der Waals surface area (Å²) in [6.07, 6.45) is 0. The highest BCUT2D eigenvalue weighted by Crippen LogP contribution is 2.27. The van der Waals surface area contributed by atoms with Crippen LogP contribution in [0.25, 0.3) is 10.9 Å². The van der Waals surface area contributed by atoms with Crippen molar-refractivity contribution in [1.29, 1.82) is 0 Å². The molecule has 0 aliphatic heterocycles. The number of rotatable bonds is 0. The predicted molar refractivity (Wildman–Crippen MR) is 55.3 cm³/mol. The minimum absolute atomic E-state index is 0.594. The molecule has 1 N–H and O–H groups in total. The zero-order chi connectivity index (χ0) is 9.59. The highest BCUT2D eigenvalue weighted by atomic mass is 35.5. The molecule has 0 bridgehead atoms. The van der Waals surface area contributed by atoms with E-state index < -0.39 is 0 Å². The first-order chi connectivity index (χ1) is 6.09. The van der Waals surface area contributed by atoms with Crippen LogP contribution >= 0.6 is 11.6 Å². The van der Waals surface area contributed by atoms with E-state index in [0.29, 0.717) is 5.15 Å². The molecule has 0 aliphatic rings. The van der Waals surface area contributed by atoms with Gasteiger partial charge in [0.05, 0.1) is 5.52 Å². The quantitative estimate of drug-likeness (QED) is 0.642. The van der Waals surface area contributed by atoms with Crippen molar-refractivity contribution in [3.8, 4) is 0 Å². The maximum absolute atomic E-state index is 6.05. The molecule has 0 saturated carbocycles. The lowest BCUT2D eigenvalue weighted by Crippen LogP contribution is -1.82. The standard InChI is InChI=1S/C10H11ClN2/c1-5-4-8-9(10(11)12-5)6(2)7(3)13-8/h4,13H,1-3H3. The molecule has 2 heterocycles. The molecular formula is C10H11ClN2. The van der Waals surface area contributed by atoms with Gasteiger partial charge in [-0.3, -0.25) is 0 Å². The Morgan fingerprint density at radius 3 is 2.69 bits per heavy atom. The Hall–Kier alpha value is -1.02. The molecule has 68 valence electrons. The van der Waals surface area contributed by atoms with E-state index in [9.17, 15) is 0 Å². The van der Waals surface area contributed by atoms with Gasteiger partial charge in [-0.15, -0.1) is 0 Å². The van der Waals surface area contributed by atoms with Crippen molar-refractivity contribution in [3.05, 3.63) is 28.2 Å². The number of aromatic nitrogens is 2. The van der Waals surface area contributed by atoms with E-state index in [1.54, 1.807) is 0 Å². The second-order valence-corrected chi connectivity index (χ2v) is 3.71. The van der Waals surface area contributed by atoms with E-state index >= 15 is 0 Å². The molecule has 2 aromatic rings. The third-order valence-electron chi connectivity index (χ3n) is 2.36. The van der Waals surface area contributed by atoms with Crippen molar-refractivity contribution >= 4 is 22.5 Å². The molecule has 0 unspecified atom stereocenters. The Bertz CT molecular complexity index is 471. The summed E-state index contributed by atoms with van der Waals surface area (Å²) < 4.78 is 0. The molecular weight excluding hydrogens is 184 g/mol. The zero-order valence-corrected chi connectivity index (χ0v) is 8.66. The van der Waals surface area contributed by atoms with Crippen LogP contribution in [0.1, 0.15) is 17.0 Å². The summed E-state index contributed by atoms with van der Waals surface area (Å²) in [6, 6.07) is 2.02. The van der Waals surface area contributed by atoms with E-state index in [0.717, 1.165) is 22.3 Å². The Labute approximate surface area is 81.9 Å². The van der Waals surface area contributed by atoms with Crippen molar-refractivity contribution in [3.63, 3.8) is 0 Å². The average Bonchev–Trinajstić information content (AvgIpc) is 2.27. The van der Waals surface area contributed by atoms with Crippen LogP contribution in [0.2, 0.25) is 5.15 Å². The summed E-state index contributed by atoms with van der Waals surface area (Å²) in [5.74, 6) is 0. The first-order valence-corrected chi connectivity index (χ1v) is 4.59. The van der Waals surface area contributed by atoms with Gasteiger partial charge in [0.1, 0.15) is 5.15 Å². The third-order valence-corrected chi connectivity index (χ3v) is 2.64. The zero-order valence-electron chi connectivity index (χ0n) is 7.90. The van der Waals surface area contributed by atoms with Gasteiger partial charge in [0.15, 0.2) is 0 Å². The van der Waals surface area contributed by atoms with Gasteiger partial charge in [0.2, 0.25) is 0 Å². The Morgan fingerprint density at radius 2 is 2.00 bits per heavy atom. The number of nitrogens with zero attached hydrogens (tertiary/aromatic N) is 1. The summed E-state index contributed by atoms with van der Waals surface area (Å²) in [4.78, 5) is 7.51. The van der Waals surface area contributed by atoms with E-state index in [1.165, 1.54) is 5.56 Å². The van der Waals surface area contributed by atoms with Crippen LogP contribution in [0.15, 0.2) is 6.07 Å². The lowest BCUT2D eigenvalue weighted by molar-refractivity contribution is 1.22. The van der Waals surface area contributed by atoms with Crippen LogP contribution in [0.4, 0.5) is 0 Å². The number of hydrogen-bond acceptors (Lipinski definition) is 1. The molecule has 0 saturated heterocycles. The van der Waals surface area contributed by atoms with Crippen LogP contribution < -0.4 is 0 Å². The summed E-state index contributed by atoms with van der Waals surface area (Å²) in [6.45, 7) is 6.04. The van der Waals surface area contributed by atoms with Gasteiger partial charge in [0, 0.05) is 16.8 Å². The fraction of sp³-hybridized carbons (Fsp3) is 0.300. The molecule has 13 heavy (non-hydrogen) atoms. The van der Waals surface area contributed by atoms with Crippen molar-refractivity contribution in [2.24, 2.45) is 0 Å². The van der Waals surface area contributed by atoms with Crippen molar-refractivity contribution in [2.45, 2.75) is 20.8 Å². The molecule has 3 heteroatoms. The van der Waals surface area contributed by atoms with Crippen LogP contribution in [0.3, 0.4) is 0 Å². The summed E-state index contributed by atoms with van der Waals surface area (Å²) in [5.41, 5.74) is 4.36. The fourth-order valence-corrected chi connectivity index (χ4v) is 1.95. The first-order valence-electron chi connectivity index (χ1n) is 4.21. The van der Waals surface area contributed by atoms with E-state index in [1.807, 2.05) is 19.9 Å². The lowest BCUT2D eigenvalue weighted by Gasteiger charge is -1.97. The second kappa shape index (κ2) is 2.74. The van der Waals surface area contributed by atoms with Gasteiger partial charge in [-0.05, 0) is 32.4 Å². The summed E-state index contributed by atoms with van der Waals surface area (Å²) >= 11 is 6.05. The SMILES string of the molecule is Cc1cc2[nH]c(C)c(C)c2c(Cl)n1. The maximum Gasteiger partial charge on any atom is 0.138 e. The molecule has 2 nitrogen and oxygen atoms in total. The molecule has 0 amide bonds. The smallest absolute Gasteiger partial charge is 0.138 e. The minimum atomic E-state index is 0.594. The lowest BCUT2D eigenvalue weighted by atomic mass is 10.2. The molecule has 0 aliphatic carbocycles. The highest BCUT2D eigenvalue weighted by molar-refractivity contribution is 6.34. The third kappa shape index (κ3) is 1.22. The molecule has 0 radical (unpaired) electrons. The van der Waals surface area contributed by atoms with Crippen molar-refractivity contribution in [2.75, 3.05) is 0 Å². The van der Waals surface area contributed by atoms with Gasteiger partial charge >= 0.3 is 0 Å². The van der Waals surface area contributed by atoms with Crippen LogP contribution in [0, 0.1) is 20.8 Å². The molecule has 0 fully saturated rings. The highest BCUT2D eigenvalue weighted by Gasteiger charge is 2.08. The minimum Gasteiger partial charge on any atom is -0.358 e. The second-order valence-electron chi connectivity index (χ2n) is 3.35. The van der Waals surface area contributed by atoms with Gasteiger partial charge in [-0.1, -0.05) is 11.6 Å². The number of H-pyrrole nitrogens is 1. The number of hydrogen-bond donors (Lipinski definition) is 1. The maximum atomic E-state index is 6.05. The Balaban J connectivity index is 2.94. The largest absolute Gasteiger partial charge is 0.358 e. The topological polar surface area (TPSA) is 28.7 Å². The summed E-state index contributed by atoms with van der Waals surface area (Å²) in [5, 5.41) is 1.64. The van der Waals surface area contributed by atoms with E-state index in [2.05, 4.69) is 16.9 Å². The number of halogens is 1. The van der Waals surface area contributed by atoms with Gasteiger partial charge in [0.25, 0.3) is 0 Å². The van der Waals surface area contributed by atoms with E-state index in [4.69, 9.17) is 11.6 Å². The van der Waals surface area contributed by atoms with Gasteiger partial charge in [-0.25, -0.2) is 4.98 Å². The van der Waals surface area contributed by atoms with Crippen LogP contribution in [0.5, 0.6) is 0 Å². The fourth-order valence-electron chi connectivity index (χ4n) is 1.57. The number of nitrogens with one attached hydrogen (secondary N) is 1. The Morgan fingerprint density at radius 1 is 1.31 bits per heavy atom. The molecule has 2 rings (SSSR count).